The molecule has 0 unspecified atom stereocenters. The van der Waals surface area contributed by atoms with Gasteiger partial charge in [-0.25, -0.2) is 0 Å². The van der Waals surface area contributed by atoms with Crippen LogP contribution in [-0.2, 0) is 0 Å². The molecule has 0 aliphatic heterocycles. The van der Waals surface area contributed by atoms with Crippen molar-refractivity contribution in [1.29, 1.82) is 0 Å². The average molecular weight is 229 g/mol. The van der Waals surface area contributed by atoms with Crippen molar-refractivity contribution in [3.05, 3.63) is 41.0 Å². The van der Waals surface area contributed by atoms with E-state index < -0.39 is 0 Å². The molecular formula is C16H23N. The van der Waals surface area contributed by atoms with Crippen LogP contribution in [-0.4, -0.2) is 13.1 Å². The first-order chi connectivity index (χ1) is 8.35. The Labute approximate surface area is 105 Å². The van der Waals surface area contributed by atoms with Gasteiger partial charge in [0.1, 0.15) is 0 Å². The molecule has 0 saturated heterocycles. The number of hydrogen-bond acceptors (Lipinski definition) is 1. The molecule has 0 bridgehead atoms. The Morgan fingerprint density at radius 2 is 2.06 bits per heavy atom. The van der Waals surface area contributed by atoms with Gasteiger partial charge >= 0.3 is 0 Å². The molecule has 92 valence electrons. The maximum Gasteiger partial charge on any atom is 0.0167 e. The molecule has 1 aromatic carbocycles. The molecule has 1 aliphatic rings. The van der Waals surface area contributed by atoms with Crippen LogP contribution in [0.25, 0.3) is 6.08 Å². The predicted molar refractivity (Wildman–Crippen MR) is 75.2 cm³/mol. The van der Waals surface area contributed by atoms with Gasteiger partial charge in [-0.2, -0.15) is 0 Å². The fourth-order valence-electron chi connectivity index (χ4n) is 2.19. The first-order valence-electron chi connectivity index (χ1n) is 6.84. The number of hydrogen-bond donors (Lipinski definition) is 1. The van der Waals surface area contributed by atoms with Gasteiger partial charge in [-0.3, -0.25) is 0 Å². The van der Waals surface area contributed by atoms with E-state index in [1.165, 1.54) is 24.0 Å². The Balaban J connectivity index is 2.17. The van der Waals surface area contributed by atoms with E-state index in [-0.39, 0.29) is 0 Å². The summed E-state index contributed by atoms with van der Waals surface area (Å²) in [5, 5.41) is 3.42. The van der Waals surface area contributed by atoms with Gasteiger partial charge in [0.25, 0.3) is 0 Å². The molecule has 1 fully saturated rings. The zero-order valence-corrected chi connectivity index (χ0v) is 11.0. The molecule has 0 radical (unpaired) electrons. The van der Waals surface area contributed by atoms with Gasteiger partial charge in [-0.1, -0.05) is 49.8 Å². The minimum atomic E-state index is 0.833. The minimum absolute atomic E-state index is 0.833. The fourth-order valence-corrected chi connectivity index (χ4v) is 2.19. The summed E-state index contributed by atoms with van der Waals surface area (Å²) >= 11 is 0. The maximum atomic E-state index is 3.42. The van der Waals surface area contributed by atoms with Crippen LogP contribution in [0.4, 0.5) is 0 Å². The molecule has 1 aromatic rings. The minimum Gasteiger partial charge on any atom is -0.313 e. The van der Waals surface area contributed by atoms with Crippen LogP contribution in [0.5, 0.6) is 0 Å². The third-order valence-corrected chi connectivity index (χ3v) is 3.43. The summed E-state index contributed by atoms with van der Waals surface area (Å²) in [7, 11) is 0. The van der Waals surface area contributed by atoms with Gasteiger partial charge in [-0.15, -0.1) is 0 Å². The van der Waals surface area contributed by atoms with Crippen LogP contribution in [0.3, 0.4) is 0 Å². The Morgan fingerprint density at radius 3 is 2.71 bits per heavy atom. The third-order valence-electron chi connectivity index (χ3n) is 3.43. The zero-order chi connectivity index (χ0) is 12.1. The van der Waals surface area contributed by atoms with Gasteiger partial charge in [-0.05, 0) is 42.9 Å². The molecular weight excluding hydrogens is 206 g/mol. The van der Waals surface area contributed by atoms with Gasteiger partial charge in [0.2, 0.25) is 0 Å². The largest absolute Gasteiger partial charge is 0.313 e. The molecule has 0 atom stereocenters. The normalized spacial score (nSPS) is 16.2. The fraction of sp³-hybridized carbons (Fsp3) is 0.500. The van der Waals surface area contributed by atoms with E-state index >= 15 is 0 Å². The van der Waals surface area contributed by atoms with Crippen molar-refractivity contribution >= 4 is 6.08 Å². The van der Waals surface area contributed by atoms with Crippen LogP contribution >= 0.6 is 0 Å². The van der Waals surface area contributed by atoms with E-state index in [0.29, 0.717) is 0 Å². The molecule has 0 aromatic heterocycles. The lowest BCUT2D eigenvalue weighted by Crippen LogP contribution is -2.15. The van der Waals surface area contributed by atoms with Gasteiger partial charge in [0, 0.05) is 6.54 Å². The Bertz CT molecular complexity index is 388. The molecule has 1 nitrogen and oxygen atoms in total. The molecule has 17 heavy (non-hydrogen) atoms. The van der Waals surface area contributed by atoms with Crippen molar-refractivity contribution in [3.63, 3.8) is 0 Å². The Morgan fingerprint density at radius 1 is 1.29 bits per heavy atom. The lowest BCUT2D eigenvalue weighted by atomic mass is 10.00. The lowest BCUT2D eigenvalue weighted by Gasteiger charge is -2.08. The molecule has 2 rings (SSSR count). The van der Waals surface area contributed by atoms with E-state index in [1.807, 2.05) is 0 Å². The van der Waals surface area contributed by atoms with Crippen molar-refractivity contribution in [2.24, 2.45) is 0 Å². The van der Waals surface area contributed by atoms with Gasteiger partial charge < -0.3 is 5.32 Å². The predicted octanol–water partition coefficient (Wildman–Crippen LogP) is 3.97. The summed E-state index contributed by atoms with van der Waals surface area (Å²) in [5.41, 5.74) is 4.49. The highest BCUT2D eigenvalue weighted by molar-refractivity contribution is 5.58. The van der Waals surface area contributed by atoms with Crippen molar-refractivity contribution in [2.75, 3.05) is 13.1 Å². The van der Waals surface area contributed by atoms with Crippen molar-refractivity contribution in [1.82, 2.24) is 5.32 Å². The van der Waals surface area contributed by atoms with Gasteiger partial charge in [0.15, 0.2) is 0 Å². The highest BCUT2D eigenvalue weighted by Gasteiger charge is 2.24. The highest BCUT2D eigenvalue weighted by atomic mass is 14.8. The number of benzene rings is 1. The zero-order valence-electron chi connectivity index (χ0n) is 11.0. The quantitative estimate of drug-likeness (QED) is 0.778. The molecule has 0 spiro atoms. The topological polar surface area (TPSA) is 12.0 Å². The Kier molecular flexibility index (Phi) is 4.38. The van der Waals surface area contributed by atoms with Crippen LogP contribution in [0, 0.1) is 0 Å². The van der Waals surface area contributed by atoms with Crippen molar-refractivity contribution in [3.8, 4) is 0 Å². The van der Waals surface area contributed by atoms with Crippen LogP contribution in [0.2, 0.25) is 0 Å². The van der Waals surface area contributed by atoms with E-state index in [1.54, 1.807) is 5.56 Å². The molecule has 1 saturated carbocycles. The van der Waals surface area contributed by atoms with Crippen LogP contribution in [0.15, 0.2) is 29.8 Å². The SMILES string of the molecule is CCNCC(=Cc1ccccc1C1CC1)CC. The second-order valence-corrected chi connectivity index (χ2v) is 4.84. The summed E-state index contributed by atoms with van der Waals surface area (Å²) in [6.07, 6.45) is 6.27. The van der Waals surface area contributed by atoms with E-state index in [9.17, 15) is 0 Å². The lowest BCUT2D eigenvalue weighted by molar-refractivity contribution is 0.762. The van der Waals surface area contributed by atoms with Crippen molar-refractivity contribution < 1.29 is 0 Å². The number of rotatable bonds is 6. The molecule has 1 aliphatic carbocycles. The summed E-state index contributed by atoms with van der Waals surface area (Å²) in [5.74, 6) is 0.833. The van der Waals surface area contributed by atoms with Crippen LogP contribution in [0.1, 0.15) is 50.2 Å². The Hall–Kier alpha value is -1.08. The standard InChI is InChI=1S/C16H23N/c1-3-13(12-17-4-2)11-15-7-5-6-8-16(15)14-9-10-14/h5-8,11,14,17H,3-4,9-10,12H2,1-2H3. The first-order valence-corrected chi connectivity index (χ1v) is 6.84. The average Bonchev–Trinajstić information content (AvgIpc) is 3.19. The van der Waals surface area contributed by atoms with E-state index in [4.69, 9.17) is 0 Å². The monoisotopic (exact) mass is 229 g/mol. The second-order valence-electron chi connectivity index (χ2n) is 4.84. The van der Waals surface area contributed by atoms with E-state index in [2.05, 4.69) is 49.5 Å². The summed E-state index contributed by atoms with van der Waals surface area (Å²) in [4.78, 5) is 0. The second kappa shape index (κ2) is 6.02. The molecule has 1 heteroatoms. The first kappa shape index (κ1) is 12.4. The molecule has 0 amide bonds. The summed E-state index contributed by atoms with van der Waals surface area (Å²) in [6.45, 7) is 6.46. The summed E-state index contributed by atoms with van der Waals surface area (Å²) in [6, 6.07) is 8.87. The third kappa shape index (κ3) is 3.44. The number of nitrogens with one attached hydrogen (secondary N) is 1. The maximum absolute atomic E-state index is 3.42. The van der Waals surface area contributed by atoms with Crippen LogP contribution < -0.4 is 5.32 Å². The highest BCUT2D eigenvalue weighted by Crippen LogP contribution is 2.42. The smallest absolute Gasteiger partial charge is 0.0167 e. The molecule has 1 N–H and O–H groups in total. The van der Waals surface area contributed by atoms with Crippen molar-refractivity contribution in [2.45, 2.75) is 39.0 Å². The summed E-state index contributed by atoms with van der Waals surface area (Å²) < 4.78 is 0. The van der Waals surface area contributed by atoms with Gasteiger partial charge in [0.05, 0.1) is 0 Å². The van der Waals surface area contributed by atoms with E-state index in [0.717, 1.165) is 25.4 Å². The molecule has 0 heterocycles. The number of likely N-dealkylation sites (N-methyl/N-ethyl adjacent to an activating group) is 1.